The van der Waals surface area contributed by atoms with Gasteiger partial charge in [0.25, 0.3) is 5.91 Å². The number of ether oxygens (including phenoxy) is 3. The summed E-state index contributed by atoms with van der Waals surface area (Å²) in [6.07, 6.45) is 1.52. The number of aryl methyl sites for hydroxylation is 2. The number of carbonyl (C=O) groups is 1. The standard InChI is InChI=1S/C20H23ClN2O4/c1-5-26-17-7-6-15(10-18(17)25-4)11-22-23-19(24)12-27-16-8-13(2)20(21)14(3)9-16/h6-11H,5,12H2,1-4H3,(H,23,24)/b22-11+. The van der Waals surface area contributed by atoms with Crippen LogP contribution in [0, 0.1) is 13.8 Å². The number of hydrazone groups is 1. The molecule has 0 aliphatic carbocycles. The molecule has 6 nitrogen and oxygen atoms in total. The van der Waals surface area contributed by atoms with Crippen molar-refractivity contribution in [2.24, 2.45) is 5.10 Å². The predicted octanol–water partition coefficient (Wildman–Crippen LogP) is 3.89. The maximum Gasteiger partial charge on any atom is 0.277 e. The SMILES string of the molecule is CCOc1ccc(/C=N/NC(=O)COc2cc(C)c(Cl)c(C)c2)cc1OC. The van der Waals surface area contributed by atoms with Crippen LogP contribution in [0.15, 0.2) is 35.4 Å². The molecule has 144 valence electrons. The van der Waals surface area contributed by atoms with Gasteiger partial charge in [-0.1, -0.05) is 11.6 Å². The molecule has 27 heavy (non-hydrogen) atoms. The predicted molar refractivity (Wildman–Crippen MR) is 106 cm³/mol. The lowest BCUT2D eigenvalue weighted by Crippen LogP contribution is -2.24. The lowest BCUT2D eigenvalue weighted by molar-refractivity contribution is -0.123. The summed E-state index contributed by atoms with van der Waals surface area (Å²) >= 11 is 6.12. The van der Waals surface area contributed by atoms with E-state index < -0.39 is 0 Å². The van der Waals surface area contributed by atoms with Gasteiger partial charge in [0.05, 0.1) is 19.9 Å². The molecule has 0 fully saturated rings. The van der Waals surface area contributed by atoms with Gasteiger partial charge in [-0.2, -0.15) is 5.10 Å². The van der Waals surface area contributed by atoms with Gasteiger partial charge in [0.15, 0.2) is 18.1 Å². The third-order valence-electron chi connectivity index (χ3n) is 3.67. The van der Waals surface area contributed by atoms with Crippen LogP contribution < -0.4 is 19.6 Å². The number of hydrogen-bond acceptors (Lipinski definition) is 5. The minimum absolute atomic E-state index is 0.148. The van der Waals surface area contributed by atoms with Crippen LogP contribution >= 0.6 is 11.6 Å². The summed E-state index contributed by atoms with van der Waals surface area (Å²) in [5, 5.41) is 4.63. The quantitative estimate of drug-likeness (QED) is 0.548. The van der Waals surface area contributed by atoms with Gasteiger partial charge < -0.3 is 14.2 Å². The average Bonchev–Trinajstić information content (AvgIpc) is 2.65. The van der Waals surface area contributed by atoms with Gasteiger partial charge in [0, 0.05) is 5.02 Å². The molecule has 0 bridgehead atoms. The highest BCUT2D eigenvalue weighted by atomic mass is 35.5. The molecule has 2 aromatic rings. The van der Waals surface area contributed by atoms with Gasteiger partial charge in [-0.3, -0.25) is 4.79 Å². The van der Waals surface area contributed by atoms with Crippen molar-refractivity contribution in [2.75, 3.05) is 20.3 Å². The Bertz CT molecular complexity index is 814. The topological polar surface area (TPSA) is 69.2 Å². The summed E-state index contributed by atoms with van der Waals surface area (Å²) in [5.41, 5.74) is 4.99. The molecule has 1 amide bonds. The molecule has 0 spiro atoms. The van der Waals surface area contributed by atoms with Crippen molar-refractivity contribution in [3.63, 3.8) is 0 Å². The summed E-state index contributed by atoms with van der Waals surface area (Å²) in [7, 11) is 1.57. The number of hydrogen-bond donors (Lipinski definition) is 1. The first-order chi connectivity index (χ1) is 12.9. The maximum absolute atomic E-state index is 11.9. The summed E-state index contributed by atoms with van der Waals surface area (Å²) in [6, 6.07) is 8.96. The van der Waals surface area contributed by atoms with E-state index in [4.69, 9.17) is 25.8 Å². The number of amides is 1. The lowest BCUT2D eigenvalue weighted by Gasteiger charge is -2.10. The number of nitrogens with zero attached hydrogens (tertiary/aromatic N) is 1. The molecule has 0 aliphatic rings. The fraction of sp³-hybridized carbons (Fsp3) is 0.300. The van der Waals surface area contributed by atoms with Gasteiger partial charge in [-0.15, -0.1) is 0 Å². The fourth-order valence-electron chi connectivity index (χ4n) is 2.39. The Balaban J connectivity index is 1.90. The number of halogens is 1. The van der Waals surface area contributed by atoms with E-state index in [1.165, 1.54) is 6.21 Å². The van der Waals surface area contributed by atoms with Crippen LogP contribution in [0.3, 0.4) is 0 Å². The van der Waals surface area contributed by atoms with Crippen molar-refractivity contribution in [1.29, 1.82) is 0 Å². The van der Waals surface area contributed by atoms with Crippen LogP contribution in [-0.4, -0.2) is 32.4 Å². The molecule has 2 aromatic carbocycles. The van der Waals surface area contributed by atoms with Crippen molar-refractivity contribution in [3.05, 3.63) is 52.0 Å². The Kier molecular flexibility index (Phi) is 7.49. The van der Waals surface area contributed by atoms with Crippen LogP contribution in [-0.2, 0) is 4.79 Å². The van der Waals surface area contributed by atoms with Gasteiger partial charge in [0.1, 0.15) is 5.75 Å². The first-order valence-corrected chi connectivity index (χ1v) is 8.84. The second kappa shape index (κ2) is 9.83. The highest BCUT2D eigenvalue weighted by Crippen LogP contribution is 2.27. The molecule has 0 aliphatic heterocycles. The molecule has 2 rings (SSSR count). The Labute approximate surface area is 164 Å². The molecular weight excluding hydrogens is 368 g/mol. The van der Waals surface area contributed by atoms with Crippen molar-refractivity contribution < 1.29 is 19.0 Å². The van der Waals surface area contributed by atoms with Crippen LogP contribution in [0.5, 0.6) is 17.2 Å². The number of methoxy groups -OCH3 is 1. The second-order valence-corrected chi connectivity index (χ2v) is 6.17. The normalized spacial score (nSPS) is 10.7. The first kappa shape index (κ1) is 20.6. The zero-order chi connectivity index (χ0) is 19.8. The van der Waals surface area contributed by atoms with Gasteiger partial charge in [-0.05, 0) is 67.8 Å². The number of benzene rings is 2. The van der Waals surface area contributed by atoms with Crippen molar-refractivity contribution in [1.82, 2.24) is 5.43 Å². The molecule has 0 aromatic heterocycles. The van der Waals surface area contributed by atoms with Gasteiger partial charge in [-0.25, -0.2) is 5.43 Å². The van der Waals surface area contributed by atoms with E-state index in [0.29, 0.717) is 28.9 Å². The first-order valence-electron chi connectivity index (χ1n) is 8.46. The van der Waals surface area contributed by atoms with E-state index in [2.05, 4.69) is 10.5 Å². The van der Waals surface area contributed by atoms with E-state index in [1.807, 2.05) is 26.8 Å². The number of nitrogens with one attached hydrogen (secondary N) is 1. The van der Waals surface area contributed by atoms with E-state index >= 15 is 0 Å². The van der Waals surface area contributed by atoms with Crippen LogP contribution in [0.1, 0.15) is 23.6 Å². The van der Waals surface area contributed by atoms with Crippen molar-refractivity contribution >= 4 is 23.7 Å². The maximum atomic E-state index is 11.9. The Hall–Kier alpha value is -2.73. The number of carbonyl (C=O) groups excluding carboxylic acids is 1. The molecule has 1 N–H and O–H groups in total. The minimum Gasteiger partial charge on any atom is -0.493 e. The fourth-order valence-corrected chi connectivity index (χ4v) is 2.50. The van der Waals surface area contributed by atoms with Gasteiger partial charge >= 0.3 is 0 Å². The molecule has 0 heterocycles. The van der Waals surface area contributed by atoms with Crippen LogP contribution in [0.4, 0.5) is 0 Å². The minimum atomic E-state index is -0.366. The van der Waals surface area contributed by atoms with E-state index in [-0.39, 0.29) is 12.5 Å². The number of rotatable bonds is 8. The summed E-state index contributed by atoms with van der Waals surface area (Å²) in [4.78, 5) is 11.9. The summed E-state index contributed by atoms with van der Waals surface area (Å²) < 4.78 is 16.2. The summed E-state index contributed by atoms with van der Waals surface area (Å²) in [6.45, 7) is 6.07. The lowest BCUT2D eigenvalue weighted by atomic mass is 10.1. The highest BCUT2D eigenvalue weighted by molar-refractivity contribution is 6.32. The average molecular weight is 391 g/mol. The Morgan fingerprint density at radius 1 is 1.15 bits per heavy atom. The smallest absolute Gasteiger partial charge is 0.277 e. The Morgan fingerprint density at radius 2 is 1.85 bits per heavy atom. The monoisotopic (exact) mass is 390 g/mol. The third kappa shape index (κ3) is 5.89. The second-order valence-electron chi connectivity index (χ2n) is 5.80. The van der Waals surface area contributed by atoms with Crippen LogP contribution in [0.2, 0.25) is 5.02 Å². The van der Waals surface area contributed by atoms with Gasteiger partial charge in [0.2, 0.25) is 0 Å². The molecule has 0 atom stereocenters. The van der Waals surface area contributed by atoms with E-state index in [0.717, 1.165) is 16.7 Å². The largest absolute Gasteiger partial charge is 0.493 e. The molecule has 0 radical (unpaired) electrons. The Morgan fingerprint density at radius 3 is 2.48 bits per heavy atom. The zero-order valence-corrected chi connectivity index (χ0v) is 16.6. The van der Waals surface area contributed by atoms with Crippen molar-refractivity contribution in [2.45, 2.75) is 20.8 Å². The molecular formula is C20H23ClN2O4. The highest BCUT2D eigenvalue weighted by Gasteiger charge is 2.07. The third-order valence-corrected chi connectivity index (χ3v) is 4.27. The zero-order valence-electron chi connectivity index (χ0n) is 15.8. The van der Waals surface area contributed by atoms with E-state index in [1.54, 1.807) is 31.4 Å². The molecule has 7 heteroatoms. The van der Waals surface area contributed by atoms with E-state index in [9.17, 15) is 4.79 Å². The van der Waals surface area contributed by atoms with Crippen LogP contribution in [0.25, 0.3) is 0 Å². The molecule has 0 unspecified atom stereocenters. The molecule has 0 saturated heterocycles. The molecule has 0 saturated carbocycles. The summed E-state index contributed by atoms with van der Waals surface area (Å²) in [5.74, 6) is 1.48. The van der Waals surface area contributed by atoms with Crippen molar-refractivity contribution in [3.8, 4) is 17.2 Å².